The lowest BCUT2D eigenvalue weighted by molar-refractivity contribution is -0.112. The third-order valence-corrected chi connectivity index (χ3v) is 6.47. The van der Waals surface area contributed by atoms with E-state index in [1.54, 1.807) is 37.5 Å². The number of nitriles is 1. The van der Waals surface area contributed by atoms with Crippen LogP contribution in [0.4, 0.5) is 5.69 Å². The maximum Gasteiger partial charge on any atom is 0.266 e. The van der Waals surface area contributed by atoms with Gasteiger partial charge in [-0.3, -0.25) is 4.79 Å². The standard InChI is InChI=1S/C25H18I2N2O5/c1-31-19-5-3-18(4-6-19)29-25(30)17(12-28)8-16-9-20(26)24(21(27)10-16)32-13-15-2-7-22-23(11-15)34-14-33-22/h2-11H,13-14H2,1H3,(H,29,30)/b17-8-. The SMILES string of the molecule is COc1ccc(NC(=O)/C(C#N)=C\c2cc(I)c(OCc3ccc4c(c3)OCO4)c(I)c2)cc1. The fourth-order valence-corrected chi connectivity index (χ4v) is 5.30. The number of fused-ring (bicyclic) bond motifs is 1. The van der Waals surface area contributed by atoms with Crippen molar-refractivity contribution in [2.75, 3.05) is 19.2 Å². The maximum absolute atomic E-state index is 12.6. The Morgan fingerprint density at radius 3 is 2.47 bits per heavy atom. The largest absolute Gasteiger partial charge is 0.497 e. The average molecular weight is 680 g/mol. The number of halogens is 2. The summed E-state index contributed by atoms with van der Waals surface area (Å²) >= 11 is 4.37. The van der Waals surface area contributed by atoms with E-state index in [0.717, 1.165) is 29.8 Å². The molecule has 3 aromatic carbocycles. The van der Waals surface area contributed by atoms with Crippen LogP contribution in [0.15, 0.2) is 60.2 Å². The molecule has 3 aromatic rings. The van der Waals surface area contributed by atoms with Crippen molar-refractivity contribution in [2.45, 2.75) is 6.61 Å². The number of hydrogen-bond acceptors (Lipinski definition) is 6. The predicted molar refractivity (Wildman–Crippen MR) is 144 cm³/mol. The fourth-order valence-electron chi connectivity index (χ4n) is 3.17. The number of hydrogen-bond donors (Lipinski definition) is 1. The highest BCUT2D eigenvalue weighted by Crippen LogP contribution is 2.34. The Bertz CT molecular complexity index is 1280. The van der Waals surface area contributed by atoms with E-state index in [9.17, 15) is 10.1 Å². The van der Waals surface area contributed by atoms with E-state index in [4.69, 9.17) is 18.9 Å². The Hall–Kier alpha value is -2.98. The number of carbonyl (C=O) groups is 1. The van der Waals surface area contributed by atoms with Crippen molar-refractivity contribution in [1.82, 2.24) is 0 Å². The first-order valence-corrected chi connectivity index (χ1v) is 12.2. The van der Waals surface area contributed by atoms with Crippen LogP contribution in [-0.2, 0) is 11.4 Å². The minimum absolute atomic E-state index is 0.00329. The Morgan fingerprint density at radius 1 is 1.09 bits per heavy atom. The molecule has 0 aliphatic carbocycles. The number of nitrogens with one attached hydrogen (secondary N) is 1. The Labute approximate surface area is 223 Å². The first-order chi connectivity index (χ1) is 16.5. The lowest BCUT2D eigenvalue weighted by Gasteiger charge is -2.12. The number of anilines is 1. The Kier molecular flexibility index (Phi) is 7.79. The van der Waals surface area contributed by atoms with Gasteiger partial charge in [-0.05, 0) is 111 Å². The quantitative estimate of drug-likeness (QED) is 0.194. The average Bonchev–Trinajstić information content (AvgIpc) is 3.30. The molecule has 4 rings (SSSR count). The number of methoxy groups -OCH3 is 1. The molecule has 0 fully saturated rings. The maximum atomic E-state index is 12.6. The minimum atomic E-state index is -0.485. The van der Waals surface area contributed by atoms with Crippen molar-refractivity contribution in [2.24, 2.45) is 0 Å². The zero-order valence-electron chi connectivity index (χ0n) is 17.9. The van der Waals surface area contributed by atoms with Crippen LogP contribution in [0.5, 0.6) is 23.0 Å². The molecule has 7 nitrogen and oxygen atoms in total. The summed E-state index contributed by atoms with van der Waals surface area (Å²) in [4.78, 5) is 12.6. The first kappa shape index (κ1) is 24.2. The van der Waals surface area contributed by atoms with Gasteiger partial charge in [0.2, 0.25) is 6.79 Å². The van der Waals surface area contributed by atoms with Crippen molar-refractivity contribution in [1.29, 1.82) is 5.26 Å². The molecule has 1 aliphatic rings. The van der Waals surface area contributed by atoms with Gasteiger partial charge >= 0.3 is 0 Å². The van der Waals surface area contributed by atoms with Crippen molar-refractivity contribution in [3.05, 3.63) is 78.4 Å². The third-order valence-electron chi connectivity index (χ3n) is 4.86. The van der Waals surface area contributed by atoms with Crippen molar-refractivity contribution >= 4 is 62.9 Å². The molecule has 1 heterocycles. The molecule has 1 aliphatic heterocycles. The van der Waals surface area contributed by atoms with Crippen molar-refractivity contribution in [3.8, 4) is 29.1 Å². The lowest BCUT2D eigenvalue weighted by atomic mass is 10.1. The van der Waals surface area contributed by atoms with Gasteiger partial charge < -0.3 is 24.3 Å². The van der Waals surface area contributed by atoms with Gasteiger partial charge in [0.05, 0.1) is 14.3 Å². The zero-order valence-corrected chi connectivity index (χ0v) is 22.2. The van der Waals surface area contributed by atoms with Crippen LogP contribution in [0.2, 0.25) is 0 Å². The molecule has 0 saturated carbocycles. The highest BCUT2D eigenvalue weighted by molar-refractivity contribution is 14.1. The molecule has 172 valence electrons. The predicted octanol–water partition coefficient (Wildman–Crippen LogP) is 5.76. The Balaban J connectivity index is 1.47. The molecular weight excluding hydrogens is 662 g/mol. The van der Waals surface area contributed by atoms with Gasteiger partial charge in [0, 0.05) is 5.69 Å². The molecular formula is C25H18I2N2O5. The summed E-state index contributed by atoms with van der Waals surface area (Å²) in [7, 11) is 1.57. The third kappa shape index (κ3) is 5.74. The molecule has 1 N–H and O–H groups in total. The van der Waals surface area contributed by atoms with Crippen LogP contribution in [0.3, 0.4) is 0 Å². The molecule has 0 spiro atoms. The summed E-state index contributed by atoms with van der Waals surface area (Å²) in [5, 5.41) is 12.3. The highest BCUT2D eigenvalue weighted by atomic mass is 127. The smallest absolute Gasteiger partial charge is 0.266 e. The number of amides is 1. The van der Waals surface area contributed by atoms with Crippen LogP contribution >= 0.6 is 45.2 Å². The summed E-state index contributed by atoms with van der Waals surface area (Å²) in [5.41, 5.74) is 2.26. The molecule has 0 radical (unpaired) electrons. The summed E-state index contributed by atoms with van der Waals surface area (Å²) in [6.45, 7) is 0.596. The van der Waals surface area contributed by atoms with Gasteiger partial charge in [-0.2, -0.15) is 5.26 Å². The van der Waals surface area contributed by atoms with Crippen LogP contribution in [-0.4, -0.2) is 19.8 Å². The van der Waals surface area contributed by atoms with Gasteiger partial charge in [-0.25, -0.2) is 0 Å². The number of rotatable bonds is 7. The Morgan fingerprint density at radius 2 is 1.79 bits per heavy atom. The normalized spacial score (nSPS) is 12.1. The summed E-state index contributed by atoms with van der Waals surface area (Å²) in [6, 6.07) is 18.3. The molecule has 0 aromatic heterocycles. The summed E-state index contributed by atoms with van der Waals surface area (Å²) in [5.74, 6) is 2.37. The van der Waals surface area contributed by atoms with Crippen LogP contribution < -0.4 is 24.3 Å². The highest BCUT2D eigenvalue weighted by Gasteiger charge is 2.15. The molecule has 1 amide bonds. The van der Waals surface area contributed by atoms with E-state index in [1.165, 1.54) is 0 Å². The van der Waals surface area contributed by atoms with Crippen molar-refractivity contribution < 1.29 is 23.7 Å². The van der Waals surface area contributed by atoms with Gasteiger partial charge in [0.25, 0.3) is 5.91 Å². The van der Waals surface area contributed by atoms with Crippen LogP contribution in [0.25, 0.3) is 6.08 Å². The fraction of sp³-hybridized carbons (Fsp3) is 0.120. The van der Waals surface area contributed by atoms with E-state index in [2.05, 4.69) is 50.5 Å². The molecule has 9 heteroatoms. The van der Waals surface area contributed by atoms with Gasteiger partial charge in [0.15, 0.2) is 11.5 Å². The first-order valence-electron chi connectivity index (χ1n) is 10.0. The molecule has 0 bridgehead atoms. The second-order valence-electron chi connectivity index (χ2n) is 7.14. The van der Waals surface area contributed by atoms with Gasteiger partial charge in [-0.1, -0.05) is 6.07 Å². The number of carbonyl (C=O) groups excluding carboxylic acids is 1. The van der Waals surface area contributed by atoms with Crippen LogP contribution in [0.1, 0.15) is 11.1 Å². The van der Waals surface area contributed by atoms with Crippen LogP contribution in [0, 0.1) is 18.5 Å². The second kappa shape index (κ2) is 11.0. The van der Waals surface area contributed by atoms with E-state index >= 15 is 0 Å². The van der Waals surface area contributed by atoms with E-state index in [1.807, 2.05) is 36.4 Å². The molecule has 0 atom stereocenters. The zero-order chi connectivity index (χ0) is 24.1. The number of nitrogens with zero attached hydrogens (tertiary/aromatic N) is 1. The van der Waals surface area contributed by atoms with Gasteiger partial charge in [-0.15, -0.1) is 0 Å². The minimum Gasteiger partial charge on any atom is -0.497 e. The number of ether oxygens (including phenoxy) is 4. The monoisotopic (exact) mass is 680 g/mol. The molecule has 34 heavy (non-hydrogen) atoms. The van der Waals surface area contributed by atoms with E-state index in [-0.39, 0.29) is 12.4 Å². The molecule has 0 unspecified atom stereocenters. The number of benzene rings is 3. The molecule has 0 saturated heterocycles. The summed E-state index contributed by atoms with van der Waals surface area (Å²) < 4.78 is 23.7. The lowest BCUT2D eigenvalue weighted by Crippen LogP contribution is -2.13. The second-order valence-corrected chi connectivity index (χ2v) is 9.47. The van der Waals surface area contributed by atoms with E-state index in [0.29, 0.717) is 23.8 Å². The van der Waals surface area contributed by atoms with Gasteiger partial charge in [0.1, 0.15) is 29.7 Å². The van der Waals surface area contributed by atoms with E-state index < -0.39 is 5.91 Å². The van der Waals surface area contributed by atoms with Crippen molar-refractivity contribution in [3.63, 3.8) is 0 Å². The summed E-state index contributed by atoms with van der Waals surface area (Å²) in [6.07, 6.45) is 1.56. The topological polar surface area (TPSA) is 89.8 Å².